The van der Waals surface area contributed by atoms with E-state index in [0.717, 1.165) is 16.9 Å². The number of aliphatic carboxylic acids is 1. The molecular formula is C16H23NO4. The highest BCUT2D eigenvalue weighted by atomic mass is 16.5. The predicted molar refractivity (Wildman–Crippen MR) is 80.9 cm³/mol. The van der Waals surface area contributed by atoms with Crippen LogP contribution in [0, 0.1) is 13.8 Å². The molecule has 0 saturated carbocycles. The van der Waals surface area contributed by atoms with Gasteiger partial charge in [-0.05, 0) is 57.4 Å². The van der Waals surface area contributed by atoms with Crippen LogP contribution in [0.25, 0.3) is 0 Å². The first-order valence-corrected chi connectivity index (χ1v) is 6.86. The number of carboxylic acid groups (broad SMARTS) is 1. The van der Waals surface area contributed by atoms with Crippen LogP contribution in [-0.2, 0) is 4.79 Å². The number of ether oxygens (including phenoxy) is 1. The molecule has 5 nitrogen and oxygen atoms in total. The summed E-state index contributed by atoms with van der Waals surface area (Å²) in [5.41, 5.74) is 1.77. The highest BCUT2D eigenvalue weighted by molar-refractivity contribution is 5.95. The van der Waals surface area contributed by atoms with E-state index in [0.29, 0.717) is 12.0 Å². The van der Waals surface area contributed by atoms with Crippen LogP contribution in [0.5, 0.6) is 5.75 Å². The molecule has 1 rings (SSSR count). The van der Waals surface area contributed by atoms with Crippen molar-refractivity contribution in [3.8, 4) is 5.75 Å². The minimum atomic E-state index is -0.867. The maximum absolute atomic E-state index is 12.3. The first-order chi connectivity index (χ1) is 9.66. The Balaban J connectivity index is 2.87. The van der Waals surface area contributed by atoms with Gasteiger partial charge < -0.3 is 15.2 Å². The molecule has 0 fully saturated rings. The van der Waals surface area contributed by atoms with Gasteiger partial charge in [0.1, 0.15) is 5.75 Å². The molecular weight excluding hydrogens is 270 g/mol. The molecule has 0 atom stereocenters. The highest BCUT2D eigenvalue weighted by Gasteiger charge is 2.22. The number of carboxylic acids is 1. The second-order valence-corrected chi connectivity index (χ2v) is 5.88. The van der Waals surface area contributed by atoms with E-state index in [-0.39, 0.29) is 12.3 Å². The Morgan fingerprint density at radius 3 is 2.19 bits per heavy atom. The number of aryl methyl sites for hydroxylation is 2. The Kier molecular flexibility index (Phi) is 5.35. The topological polar surface area (TPSA) is 75.6 Å². The molecule has 1 aromatic carbocycles. The van der Waals surface area contributed by atoms with E-state index in [1.54, 1.807) is 19.2 Å². The molecule has 1 aromatic rings. The molecule has 2 N–H and O–H groups in total. The van der Waals surface area contributed by atoms with Crippen molar-refractivity contribution in [2.24, 2.45) is 0 Å². The number of nitrogens with one attached hydrogen (secondary N) is 1. The fourth-order valence-electron chi connectivity index (χ4n) is 2.26. The number of methoxy groups -OCH3 is 1. The van der Waals surface area contributed by atoms with Crippen LogP contribution in [0.15, 0.2) is 12.1 Å². The maximum Gasteiger partial charge on any atom is 0.303 e. The van der Waals surface area contributed by atoms with E-state index in [2.05, 4.69) is 5.32 Å². The van der Waals surface area contributed by atoms with Gasteiger partial charge in [0, 0.05) is 17.5 Å². The van der Waals surface area contributed by atoms with Crippen LogP contribution in [-0.4, -0.2) is 29.6 Å². The van der Waals surface area contributed by atoms with Crippen molar-refractivity contribution in [2.45, 2.75) is 46.1 Å². The molecule has 0 radical (unpaired) electrons. The largest absolute Gasteiger partial charge is 0.496 e. The van der Waals surface area contributed by atoms with Gasteiger partial charge in [-0.25, -0.2) is 0 Å². The van der Waals surface area contributed by atoms with Crippen LogP contribution >= 0.6 is 0 Å². The second kappa shape index (κ2) is 6.61. The molecule has 0 aliphatic carbocycles. The van der Waals surface area contributed by atoms with E-state index >= 15 is 0 Å². The molecule has 21 heavy (non-hydrogen) atoms. The van der Waals surface area contributed by atoms with Gasteiger partial charge >= 0.3 is 5.97 Å². The molecule has 0 spiro atoms. The lowest BCUT2D eigenvalue weighted by atomic mass is 9.97. The van der Waals surface area contributed by atoms with Gasteiger partial charge in [-0.2, -0.15) is 0 Å². The molecule has 0 aliphatic heterocycles. The first-order valence-electron chi connectivity index (χ1n) is 6.86. The van der Waals surface area contributed by atoms with E-state index in [1.165, 1.54) is 0 Å². The highest BCUT2D eigenvalue weighted by Crippen LogP contribution is 2.24. The van der Waals surface area contributed by atoms with Crippen LogP contribution < -0.4 is 10.1 Å². The van der Waals surface area contributed by atoms with Crippen molar-refractivity contribution in [1.29, 1.82) is 0 Å². The summed E-state index contributed by atoms with van der Waals surface area (Å²) in [7, 11) is 1.60. The summed E-state index contributed by atoms with van der Waals surface area (Å²) in [6, 6.07) is 3.54. The Morgan fingerprint density at radius 2 is 1.76 bits per heavy atom. The number of hydrogen-bond acceptors (Lipinski definition) is 3. The molecule has 1 amide bonds. The molecule has 0 saturated heterocycles. The average Bonchev–Trinajstić information content (AvgIpc) is 2.35. The van der Waals surface area contributed by atoms with Crippen molar-refractivity contribution in [3.05, 3.63) is 28.8 Å². The van der Waals surface area contributed by atoms with Crippen LogP contribution in [0.1, 0.15) is 48.2 Å². The fraction of sp³-hybridized carbons (Fsp3) is 0.500. The summed E-state index contributed by atoms with van der Waals surface area (Å²) < 4.78 is 5.28. The average molecular weight is 293 g/mol. The van der Waals surface area contributed by atoms with Crippen LogP contribution in [0.4, 0.5) is 0 Å². The third-order valence-corrected chi connectivity index (χ3v) is 3.34. The minimum absolute atomic E-state index is 0.0218. The standard InChI is InChI=1S/C16H23NO4/c1-10-8-12(9-11(2)14(10)21-5)15(20)17-16(3,4)7-6-13(18)19/h8-9H,6-7H2,1-5H3,(H,17,20)(H,18,19). The molecule has 0 heterocycles. The Hall–Kier alpha value is -2.04. The van der Waals surface area contributed by atoms with E-state index in [9.17, 15) is 9.59 Å². The Labute approximate surface area is 125 Å². The molecule has 116 valence electrons. The summed E-state index contributed by atoms with van der Waals surface area (Å²) in [5, 5.41) is 11.6. The minimum Gasteiger partial charge on any atom is -0.496 e. The lowest BCUT2D eigenvalue weighted by Gasteiger charge is -2.26. The van der Waals surface area contributed by atoms with E-state index in [1.807, 2.05) is 27.7 Å². The number of carbonyl (C=O) groups is 2. The summed E-state index contributed by atoms with van der Waals surface area (Å²) in [4.78, 5) is 22.9. The summed E-state index contributed by atoms with van der Waals surface area (Å²) in [6.45, 7) is 7.41. The van der Waals surface area contributed by atoms with Gasteiger partial charge in [-0.1, -0.05) is 0 Å². The van der Waals surface area contributed by atoms with Crippen LogP contribution in [0.3, 0.4) is 0 Å². The zero-order valence-electron chi connectivity index (χ0n) is 13.2. The van der Waals surface area contributed by atoms with E-state index < -0.39 is 11.5 Å². The number of rotatable bonds is 6. The number of amides is 1. The fourth-order valence-corrected chi connectivity index (χ4v) is 2.26. The molecule has 5 heteroatoms. The maximum atomic E-state index is 12.3. The molecule has 0 unspecified atom stereocenters. The SMILES string of the molecule is COc1c(C)cc(C(=O)NC(C)(C)CCC(=O)O)cc1C. The molecule has 0 aliphatic rings. The Bertz CT molecular complexity index is 526. The second-order valence-electron chi connectivity index (χ2n) is 5.88. The molecule has 0 bridgehead atoms. The van der Waals surface area contributed by atoms with Gasteiger partial charge in [0.25, 0.3) is 5.91 Å². The third-order valence-electron chi connectivity index (χ3n) is 3.34. The van der Waals surface area contributed by atoms with E-state index in [4.69, 9.17) is 9.84 Å². The first kappa shape index (κ1) is 17.0. The van der Waals surface area contributed by atoms with Gasteiger partial charge in [-0.3, -0.25) is 9.59 Å². The van der Waals surface area contributed by atoms with Crippen LogP contribution in [0.2, 0.25) is 0 Å². The summed E-state index contributed by atoms with van der Waals surface area (Å²) >= 11 is 0. The van der Waals surface area contributed by atoms with Gasteiger partial charge in [0.2, 0.25) is 0 Å². The van der Waals surface area contributed by atoms with Gasteiger partial charge in [-0.15, -0.1) is 0 Å². The number of hydrogen-bond donors (Lipinski definition) is 2. The van der Waals surface area contributed by atoms with Crippen molar-refractivity contribution in [2.75, 3.05) is 7.11 Å². The Morgan fingerprint density at radius 1 is 1.24 bits per heavy atom. The quantitative estimate of drug-likeness (QED) is 0.845. The van der Waals surface area contributed by atoms with Crippen molar-refractivity contribution >= 4 is 11.9 Å². The lowest BCUT2D eigenvalue weighted by Crippen LogP contribution is -2.43. The zero-order valence-corrected chi connectivity index (χ0v) is 13.2. The predicted octanol–water partition coefficient (Wildman–Crippen LogP) is 2.69. The third kappa shape index (κ3) is 4.77. The van der Waals surface area contributed by atoms with Crippen molar-refractivity contribution < 1.29 is 19.4 Å². The van der Waals surface area contributed by atoms with Gasteiger partial charge in [0.15, 0.2) is 0 Å². The van der Waals surface area contributed by atoms with Gasteiger partial charge in [0.05, 0.1) is 7.11 Å². The summed E-state index contributed by atoms with van der Waals surface area (Å²) in [5.74, 6) is -0.301. The smallest absolute Gasteiger partial charge is 0.303 e. The number of benzene rings is 1. The summed E-state index contributed by atoms with van der Waals surface area (Å²) in [6.07, 6.45) is 0.399. The normalized spacial score (nSPS) is 11.1. The monoisotopic (exact) mass is 293 g/mol. The lowest BCUT2D eigenvalue weighted by molar-refractivity contribution is -0.137. The number of carbonyl (C=O) groups excluding carboxylic acids is 1. The molecule has 0 aromatic heterocycles. The van der Waals surface area contributed by atoms with Crippen molar-refractivity contribution in [3.63, 3.8) is 0 Å². The van der Waals surface area contributed by atoms with Crippen molar-refractivity contribution in [1.82, 2.24) is 5.32 Å². The zero-order chi connectivity index (χ0) is 16.2.